The van der Waals surface area contributed by atoms with Crippen LogP contribution in [0.25, 0.3) is 10.7 Å². The minimum atomic E-state index is 0.491. The summed E-state index contributed by atoms with van der Waals surface area (Å²) < 4.78 is 2.25. The molecule has 0 spiro atoms. The summed E-state index contributed by atoms with van der Waals surface area (Å²) >= 11 is 1.75. The van der Waals surface area contributed by atoms with Gasteiger partial charge in [0.1, 0.15) is 5.82 Å². The van der Waals surface area contributed by atoms with Gasteiger partial charge in [-0.05, 0) is 30.7 Å². The molecule has 1 atom stereocenters. The SMILES string of the molecule is Cn1c(-c2cccs2)nc2c1C(CN)CCC2. The van der Waals surface area contributed by atoms with Crippen LogP contribution < -0.4 is 5.73 Å². The highest BCUT2D eigenvalue weighted by molar-refractivity contribution is 7.13. The fraction of sp³-hybridized carbons (Fsp3) is 0.462. The first-order valence-electron chi connectivity index (χ1n) is 6.10. The first-order chi connectivity index (χ1) is 8.31. The Bertz CT molecular complexity index is 513. The largest absolute Gasteiger partial charge is 0.330 e. The van der Waals surface area contributed by atoms with Crippen molar-refractivity contribution in [2.45, 2.75) is 25.2 Å². The number of aryl methyl sites for hydroxylation is 1. The number of hydrogen-bond acceptors (Lipinski definition) is 3. The molecule has 2 N–H and O–H groups in total. The van der Waals surface area contributed by atoms with E-state index in [1.165, 1.54) is 29.1 Å². The number of fused-ring (bicyclic) bond motifs is 1. The first-order valence-corrected chi connectivity index (χ1v) is 6.98. The number of nitrogens with two attached hydrogens (primary N) is 1. The van der Waals surface area contributed by atoms with Gasteiger partial charge in [0.15, 0.2) is 0 Å². The summed E-state index contributed by atoms with van der Waals surface area (Å²) in [6, 6.07) is 4.21. The topological polar surface area (TPSA) is 43.8 Å². The highest BCUT2D eigenvalue weighted by atomic mass is 32.1. The van der Waals surface area contributed by atoms with Gasteiger partial charge in [-0.3, -0.25) is 0 Å². The molecule has 4 heteroatoms. The van der Waals surface area contributed by atoms with Crippen LogP contribution in [-0.2, 0) is 13.5 Å². The minimum absolute atomic E-state index is 0.491. The van der Waals surface area contributed by atoms with E-state index in [0.717, 1.165) is 18.8 Å². The van der Waals surface area contributed by atoms with Gasteiger partial charge in [-0.25, -0.2) is 4.98 Å². The molecule has 0 fully saturated rings. The Morgan fingerprint density at radius 1 is 1.59 bits per heavy atom. The zero-order valence-corrected chi connectivity index (χ0v) is 10.8. The summed E-state index contributed by atoms with van der Waals surface area (Å²) in [5.41, 5.74) is 8.50. The monoisotopic (exact) mass is 247 g/mol. The molecule has 0 saturated carbocycles. The number of thiophene rings is 1. The second kappa shape index (κ2) is 4.27. The Morgan fingerprint density at radius 2 is 2.47 bits per heavy atom. The third-order valence-corrected chi connectivity index (χ3v) is 4.46. The van der Waals surface area contributed by atoms with Crippen molar-refractivity contribution >= 4 is 11.3 Å². The molecule has 17 heavy (non-hydrogen) atoms. The predicted molar refractivity (Wildman–Crippen MR) is 71.3 cm³/mol. The van der Waals surface area contributed by atoms with Gasteiger partial charge in [-0.15, -0.1) is 11.3 Å². The van der Waals surface area contributed by atoms with E-state index in [9.17, 15) is 0 Å². The molecule has 2 aromatic heterocycles. The van der Waals surface area contributed by atoms with Crippen molar-refractivity contribution in [3.8, 4) is 10.7 Å². The van der Waals surface area contributed by atoms with E-state index in [-0.39, 0.29) is 0 Å². The summed E-state index contributed by atoms with van der Waals surface area (Å²) in [5, 5.41) is 2.10. The zero-order chi connectivity index (χ0) is 11.8. The minimum Gasteiger partial charge on any atom is -0.330 e. The van der Waals surface area contributed by atoms with E-state index < -0.39 is 0 Å². The van der Waals surface area contributed by atoms with Gasteiger partial charge >= 0.3 is 0 Å². The number of hydrogen-bond donors (Lipinski definition) is 1. The molecule has 0 saturated heterocycles. The lowest BCUT2D eigenvalue weighted by atomic mass is 9.90. The van der Waals surface area contributed by atoms with Gasteiger partial charge in [0, 0.05) is 25.2 Å². The van der Waals surface area contributed by atoms with Gasteiger partial charge in [0.05, 0.1) is 10.6 Å². The maximum absolute atomic E-state index is 5.88. The van der Waals surface area contributed by atoms with E-state index >= 15 is 0 Å². The molecule has 1 aliphatic carbocycles. The van der Waals surface area contributed by atoms with Crippen LogP contribution in [0.2, 0.25) is 0 Å². The van der Waals surface area contributed by atoms with E-state index in [1.54, 1.807) is 11.3 Å². The number of aromatic nitrogens is 2. The van der Waals surface area contributed by atoms with Gasteiger partial charge < -0.3 is 10.3 Å². The highest BCUT2D eigenvalue weighted by Crippen LogP contribution is 2.34. The Kier molecular flexibility index (Phi) is 2.76. The van der Waals surface area contributed by atoms with Crippen LogP contribution in [0.4, 0.5) is 0 Å². The van der Waals surface area contributed by atoms with Gasteiger partial charge in [-0.1, -0.05) is 6.07 Å². The molecular formula is C13H17N3S. The molecule has 1 aliphatic rings. The Balaban J connectivity index is 2.12. The Hall–Kier alpha value is -1.13. The van der Waals surface area contributed by atoms with Gasteiger partial charge in [-0.2, -0.15) is 0 Å². The van der Waals surface area contributed by atoms with Crippen molar-refractivity contribution in [2.75, 3.05) is 6.54 Å². The molecule has 0 bridgehead atoms. The smallest absolute Gasteiger partial charge is 0.150 e. The fourth-order valence-electron chi connectivity index (χ4n) is 2.77. The molecule has 3 nitrogen and oxygen atoms in total. The van der Waals surface area contributed by atoms with Crippen molar-refractivity contribution < 1.29 is 0 Å². The van der Waals surface area contributed by atoms with E-state index in [1.807, 2.05) is 0 Å². The van der Waals surface area contributed by atoms with E-state index in [4.69, 9.17) is 10.7 Å². The molecule has 90 valence electrons. The maximum atomic E-state index is 5.88. The summed E-state index contributed by atoms with van der Waals surface area (Å²) in [5.74, 6) is 1.59. The van der Waals surface area contributed by atoms with Crippen molar-refractivity contribution in [1.82, 2.24) is 9.55 Å². The molecule has 3 rings (SSSR count). The second-order valence-electron chi connectivity index (χ2n) is 4.63. The number of imidazole rings is 1. The molecule has 0 aromatic carbocycles. The summed E-state index contributed by atoms with van der Waals surface area (Å²) in [4.78, 5) is 6.06. The Morgan fingerprint density at radius 3 is 3.18 bits per heavy atom. The van der Waals surface area contributed by atoms with E-state index in [0.29, 0.717) is 5.92 Å². The fourth-order valence-corrected chi connectivity index (χ4v) is 3.52. The van der Waals surface area contributed by atoms with Gasteiger partial charge in [0.2, 0.25) is 0 Å². The van der Waals surface area contributed by atoms with Crippen LogP contribution in [0.1, 0.15) is 30.1 Å². The molecule has 2 aromatic rings. The highest BCUT2D eigenvalue weighted by Gasteiger charge is 2.26. The lowest BCUT2D eigenvalue weighted by Crippen LogP contribution is -2.20. The van der Waals surface area contributed by atoms with Crippen LogP contribution >= 0.6 is 11.3 Å². The van der Waals surface area contributed by atoms with Crippen molar-refractivity contribution in [2.24, 2.45) is 12.8 Å². The molecule has 0 radical (unpaired) electrons. The second-order valence-corrected chi connectivity index (χ2v) is 5.58. The standard InChI is InChI=1S/C13H17N3S/c1-16-12-9(8-14)4-2-5-10(12)15-13(16)11-6-3-7-17-11/h3,6-7,9H,2,4-5,8,14H2,1H3. The first kappa shape index (κ1) is 11.0. The van der Waals surface area contributed by atoms with Crippen molar-refractivity contribution in [1.29, 1.82) is 0 Å². The van der Waals surface area contributed by atoms with E-state index in [2.05, 4.69) is 29.1 Å². The molecule has 0 amide bonds. The van der Waals surface area contributed by atoms with Crippen molar-refractivity contribution in [3.63, 3.8) is 0 Å². The third-order valence-electron chi connectivity index (χ3n) is 3.59. The van der Waals surface area contributed by atoms with Crippen LogP contribution in [0, 0.1) is 0 Å². The quantitative estimate of drug-likeness (QED) is 0.886. The molecule has 2 heterocycles. The van der Waals surface area contributed by atoms with Crippen molar-refractivity contribution in [3.05, 3.63) is 28.9 Å². The summed E-state index contributed by atoms with van der Waals surface area (Å²) in [6.45, 7) is 0.733. The predicted octanol–water partition coefficient (Wildman–Crippen LogP) is 2.53. The van der Waals surface area contributed by atoms with Crippen LogP contribution in [0.3, 0.4) is 0 Å². The van der Waals surface area contributed by atoms with Crippen LogP contribution in [0.15, 0.2) is 17.5 Å². The number of rotatable bonds is 2. The third kappa shape index (κ3) is 1.72. The average Bonchev–Trinajstić information content (AvgIpc) is 2.97. The summed E-state index contributed by atoms with van der Waals surface area (Å²) in [7, 11) is 2.12. The zero-order valence-electron chi connectivity index (χ0n) is 10.0. The molecular weight excluding hydrogens is 230 g/mol. The molecule has 0 aliphatic heterocycles. The number of nitrogens with zero attached hydrogens (tertiary/aromatic N) is 2. The van der Waals surface area contributed by atoms with Gasteiger partial charge in [0.25, 0.3) is 0 Å². The summed E-state index contributed by atoms with van der Waals surface area (Å²) in [6.07, 6.45) is 3.52. The normalized spacial score (nSPS) is 19.3. The average molecular weight is 247 g/mol. The lowest BCUT2D eigenvalue weighted by Gasteiger charge is -2.21. The molecule has 1 unspecified atom stereocenters. The Labute approximate surface area is 105 Å². The lowest BCUT2D eigenvalue weighted by molar-refractivity contribution is 0.529. The van der Waals surface area contributed by atoms with Crippen LogP contribution in [0.5, 0.6) is 0 Å². The maximum Gasteiger partial charge on any atom is 0.150 e. The van der Waals surface area contributed by atoms with Crippen LogP contribution in [-0.4, -0.2) is 16.1 Å².